The normalized spacial score (nSPS) is 10.6. The highest BCUT2D eigenvalue weighted by Crippen LogP contribution is 2.07. The molecule has 1 N–H and O–H groups in total. The number of Topliss-reactive ketones (excluding diaryl/α,β-unsaturated/α-hetero) is 1. The van der Waals surface area contributed by atoms with Crippen LogP contribution in [0, 0.1) is 5.41 Å². The number of rotatable bonds is 3. The summed E-state index contributed by atoms with van der Waals surface area (Å²) >= 11 is 14.0. The number of ketones is 1. The van der Waals surface area contributed by atoms with E-state index >= 15 is 0 Å². The summed E-state index contributed by atoms with van der Waals surface area (Å²) in [6.07, 6.45) is 1.64. The molecule has 76 valence electrons. The quantitative estimate of drug-likeness (QED) is 0.853. The third-order valence-electron chi connectivity index (χ3n) is 1.56. The second-order valence-electron chi connectivity index (χ2n) is 2.63. The van der Waals surface area contributed by atoms with E-state index in [0.717, 1.165) is 4.47 Å². The molecule has 0 saturated carbocycles. The van der Waals surface area contributed by atoms with Gasteiger partial charge in [-0.25, -0.2) is 0 Å². The van der Waals surface area contributed by atoms with Crippen LogP contribution in [0.15, 0.2) is 22.8 Å². The minimum absolute atomic E-state index is 0.00986. The SMILES string of the molecule is N=c1ccc(Br)cn1CC(=O)C(Cl)Cl. The predicted octanol–water partition coefficient (Wildman–Crippen LogP) is 2.10. The molecule has 0 aromatic carbocycles. The third kappa shape index (κ3) is 3.12. The van der Waals surface area contributed by atoms with Crippen molar-refractivity contribution < 1.29 is 4.79 Å². The van der Waals surface area contributed by atoms with Gasteiger partial charge in [-0.3, -0.25) is 10.2 Å². The van der Waals surface area contributed by atoms with Gasteiger partial charge in [-0.15, -0.1) is 0 Å². The fourth-order valence-electron chi connectivity index (χ4n) is 0.883. The first-order valence-electron chi connectivity index (χ1n) is 3.72. The van der Waals surface area contributed by atoms with Gasteiger partial charge in [0, 0.05) is 10.7 Å². The van der Waals surface area contributed by atoms with E-state index in [9.17, 15) is 4.79 Å². The number of alkyl halides is 2. The molecule has 0 aliphatic heterocycles. The van der Waals surface area contributed by atoms with Crippen molar-refractivity contribution in [2.24, 2.45) is 0 Å². The van der Waals surface area contributed by atoms with Gasteiger partial charge in [-0.05, 0) is 28.1 Å². The molecule has 0 unspecified atom stereocenters. The summed E-state index contributed by atoms with van der Waals surface area (Å²) < 4.78 is 2.26. The lowest BCUT2D eigenvalue weighted by Crippen LogP contribution is -2.25. The van der Waals surface area contributed by atoms with E-state index in [0.29, 0.717) is 0 Å². The van der Waals surface area contributed by atoms with Gasteiger partial charge in [0.15, 0.2) is 10.6 Å². The Bertz CT molecular complexity index is 403. The first kappa shape index (κ1) is 11.8. The Morgan fingerprint density at radius 2 is 2.21 bits per heavy atom. The lowest BCUT2D eigenvalue weighted by molar-refractivity contribution is -0.118. The van der Waals surface area contributed by atoms with E-state index in [4.69, 9.17) is 28.6 Å². The van der Waals surface area contributed by atoms with Gasteiger partial charge in [0.1, 0.15) is 5.49 Å². The summed E-state index contributed by atoms with van der Waals surface area (Å²) in [7, 11) is 0. The Morgan fingerprint density at radius 1 is 1.57 bits per heavy atom. The molecule has 14 heavy (non-hydrogen) atoms. The number of pyridine rings is 1. The van der Waals surface area contributed by atoms with Gasteiger partial charge in [-0.1, -0.05) is 23.2 Å². The first-order chi connectivity index (χ1) is 6.50. The third-order valence-corrected chi connectivity index (χ3v) is 2.51. The van der Waals surface area contributed by atoms with Crippen LogP contribution in [0.25, 0.3) is 0 Å². The topological polar surface area (TPSA) is 45.9 Å². The second kappa shape index (κ2) is 4.96. The average molecular weight is 298 g/mol. The molecular weight excluding hydrogens is 291 g/mol. The zero-order chi connectivity index (χ0) is 10.7. The molecule has 1 rings (SSSR count). The number of hydrogen-bond acceptors (Lipinski definition) is 2. The van der Waals surface area contributed by atoms with E-state index in [1.165, 1.54) is 4.57 Å². The van der Waals surface area contributed by atoms with Crippen molar-refractivity contribution in [2.75, 3.05) is 0 Å². The van der Waals surface area contributed by atoms with Gasteiger partial charge >= 0.3 is 0 Å². The molecular formula is C8H7BrCl2N2O. The maximum atomic E-state index is 11.2. The molecule has 0 fully saturated rings. The monoisotopic (exact) mass is 296 g/mol. The minimum atomic E-state index is -1.04. The Labute approximate surface area is 99.3 Å². The maximum absolute atomic E-state index is 11.2. The summed E-state index contributed by atoms with van der Waals surface area (Å²) in [5.74, 6) is -0.329. The smallest absolute Gasteiger partial charge is 0.185 e. The summed E-state index contributed by atoms with van der Waals surface area (Å²) in [4.78, 5) is 10.2. The molecule has 3 nitrogen and oxygen atoms in total. The predicted molar refractivity (Wildman–Crippen MR) is 58.5 cm³/mol. The molecule has 0 atom stereocenters. The van der Waals surface area contributed by atoms with E-state index in [-0.39, 0.29) is 17.8 Å². The number of nitrogens with one attached hydrogen (secondary N) is 1. The highest BCUT2D eigenvalue weighted by molar-refractivity contribution is 9.10. The zero-order valence-electron chi connectivity index (χ0n) is 7.01. The van der Waals surface area contributed by atoms with E-state index in [2.05, 4.69) is 15.9 Å². The molecule has 0 aliphatic carbocycles. The van der Waals surface area contributed by atoms with Crippen LogP contribution in [0.2, 0.25) is 0 Å². The van der Waals surface area contributed by atoms with Crippen LogP contribution in [0.3, 0.4) is 0 Å². The number of carbonyl (C=O) groups excluding carboxylic acids is 1. The molecule has 1 aromatic heterocycles. The van der Waals surface area contributed by atoms with Crippen LogP contribution in [0.1, 0.15) is 0 Å². The van der Waals surface area contributed by atoms with E-state index in [1.807, 2.05) is 0 Å². The van der Waals surface area contributed by atoms with Crippen molar-refractivity contribution in [2.45, 2.75) is 11.4 Å². The lowest BCUT2D eigenvalue weighted by Gasteiger charge is -2.06. The molecule has 6 heteroatoms. The van der Waals surface area contributed by atoms with Crippen LogP contribution < -0.4 is 5.49 Å². The summed E-state index contributed by atoms with van der Waals surface area (Å²) in [5.41, 5.74) is 0.232. The van der Waals surface area contributed by atoms with Crippen molar-refractivity contribution in [3.8, 4) is 0 Å². The molecule has 1 heterocycles. The van der Waals surface area contributed by atoms with Crippen LogP contribution in [-0.2, 0) is 11.3 Å². The fourth-order valence-corrected chi connectivity index (χ4v) is 1.40. The first-order valence-corrected chi connectivity index (χ1v) is 5.39. The second-order valence-corrected chi connectivity index (χ2v) is 4.64. The minimum Gasteiger partial charge on any atom is -0.325 e. The standard InChI is InChI=1S/C8H7BrCl2N2O/c9-5-1-2-7(12)13(3-5)4-6(14)8(10)11/h1-3,8,12H,4H2. The van der Waals surface area contributed by atoms with Crippen molar-refractivity contribution in [3.05, 3.63) is 28.3 Å². The molecule has 0 radical (unpaired) electrons. The van der Waals surface area contributed by atoms with Gasteiger partial charge in [0.25, 0.3) is 0 Å². The Kier molecular flexibility index (Phi) is 4.16. The Morgan fingerprint density at radius 3 is 2.79 bits per heavy atom. The zero-order valence-corrected chi connectivity index (χ0v) is 10.1. The molecule has 0 saturated heterocycles. The molecule has 1 aromatic rings. The van der Waals surface area contributed by atoms with E-state index < -0.39 is 4.84 Å². The number of aromatic nitrogens is 1. The average Bonchev–Trinajstić information content (AvgIpc) is 2.11. The highest BCUT2D eigenvalue weighted by Gasteiger charge is 2.11. The van der Waals surface area contributed by atoms with Gasteiger partial charge in [0.05, 0.1) is 6.54 Å². The molecule has 0 aliphatic rings. The van der Waals surface area contributed by atoms with Gasteiger partial charge in [0.2, 0.25) is 0 Å². The van der Waals surface area contributed by atoms with Gasteiger partial charge in [-0.2, -0.15) is 0 Å². The highest BCUT2D eigenvalue weighted by atomic mass is 79.9. The Hall–Kier alpha value is -0.320. The van der Waals surface area contributed by atoms with Crippen molar-refractivity contribution in [1.29, 1.82) is 5.41 Å². The van der Waals surface area contributed by atoms with Crippen molar-refractivity contribution in [3.63, 3.8) is 0 Å². The van der Waals surface area contributed by atoms with Gasteiger partial charge < -0.3 is 4.57 Å². The summed E-state index contributed by atoms with van der Waals surface area (Å²) in [5, 5.41) is 7.51. The van der Waals surface area contributed by atoms with Crippen LogP contribution in [0.4, 0.5) is 0 Å². The van der Waals surface area contributed by atoms with Crippen LogP contribution in [-0.4, -0.2) is 15.2 Å². The number of halogens is 3. The fraction of sp³-hybridized carbons (Fsp3) is 0.250. The largest absolute Gasteiger partial charge is 0.325 e. The molecule has 0 spiro atoms. The Balaban J connectivity index is 2.92. The van der Waals surface area contributed by atoms with Crippen molar-refractivity contribution in [1.82, 2.24) is 4.57 Å². The number of nitrogens with zero attached hydrogens (tertiary/aromatic N) is 1. The maximum Gasteiger partial charge on any atom is 0.185 e. The van der Waals surface area contributed by atoms with E-state index in [1.54, 1.807) is 18.3 Å². The van der Waals surface area contributed by atoms with Crippen molar-refractivity contribution >= 4 is 44.9 Å². The molecule has 0 amide bonds. The number of hydrogen-bond donors (Lipinski definition) is 1. The number of carbonyl (C=O) groups is 1. The van der Waals surface area contributed by atoms with Crippen LogP contribution in [0.5, 0.6) is 0 Å². The summed E-state index contributed by atoms with van der Waals surface area (Å²) in [6, 6.07) is 3.30. The molecule has 0 bridgehead atoms. The lowest BCUT2D eigenvalue weighted by atomic mass is 10.4. The summed E-state index contributed by atoms with van der Waals surface area (Å²) in [6.45, 7) is 0.00986. The van der Waals surface area contributed by atoms with Crippen LogP contribution >= 0.6 is 39.1 Å².